The Morgan fingerprint density at radius 1 is 1.22 bits per heavy atom. The number of anilines is 1. The van der Waals surface area contributed by atoms with E-state index in [1.165, 1.54) is 0 Å². The normalized spacial score (nSPS) is 10.6. The molecule has 7 heteroatoms. The molecule has 0 aliphatic rings. The average molecular weight is 387 g/mol. The van der Waals surface area contributed by atoms with Crippen LogP contribution in [0.3, 0.4) is 0 Å². The Morgan fingerprint density at radius 3 is 2.67 bits per heavy atom. The minimum atomic E-state index is 0.116. The Morgan fingerprint density at radius 2 is 2.00 bits per heavy atom. The van der Waals surface area contributed by atoms with E-state index in [1.54, 1.807) is 13.3 Å². The van der Waals surface area contributed by atoms with Gasteiger partial charge in [0.1, 0.15) is 18.1 Å². The van der Waals surface area contributed by atoms with Gasteiger partial charge in [-0.25, -0.2) is 0 Å². The molecule has 0 radical (unpaired) electrons. The van der Waals surface area contributed by atoms with Crippen molar-refractivity contribution in [3.63, 3.8) is 0 Å². The molecule has 0 bridgehead atoms. The van der Waals surface area contributed by atoms with Crippen LogP contribution in [-0.2, 0) is 6.61 Å². The summed E-state index contributed by atoms with van der Waals surface area (Å²) in [6, 6.07) is 13.8. The van der Waals surface area contributed by atoms with E-state index < -0.39 is 0 Å². The van der Waals surface area contributed by atoms with Gasteiger partial charge in [0.15, 0.2) is 5.11 Å². The van der Waals surface area contributed by atoms with Gasteiger partial charge in [0.2, 0.25) is 0 Å². The number of nitrogens with one attached hydrogen (secondary N) is 1. The molecule has 144 valence electrons. The standard InChI is InChI=1S/C20H26N4O2S/c1-4-24(5-2)17-10-9-16(13-22-23-20(21)27)19(12-17)26-14-15-7-6-8-18(11-15)25-3/h6-13H,4-5,14H2,1-3H3,(H3,21,23,27). The van der Waals surface area contributed by atoms with Gasteiger partial charge in [-0.3, -0.25) is 5.43 Å². The van der Waals surface area contributed by atoms with Crippen LogP contribution in [0.2, 0.25) is 0 Å². The van der Waals surface area contributed by atoms with E-state index in [0.29, 0.717) is 6.61 Å². The molecule has 0 saturated carbocycles. The second kappa shape index (κ2) is 10.4. The first-order chi connectivity index (χ1) is 13.1. The Labute approximate surface area is 166 Å². The molecule has 3 N–H and O–H groups in total. The number of thiocarbonyl (C=S) groups is 1. The quantitative estimate of drug-likeness (QED) is 0.391. The smallest absolute Gasteiger partial charge is 0.184 e. The number of benzene rings is 2. The van der Waals surface area contributed by atoms with E-state index in [1.807, 2.05) is 42.5 Å². The molecule has 0 fully saturated rings. The van der Waals surface area contributed by atoms with Crippen molar-refractivity contribution < 1.29 is 9.47 Å². The van der Waals surface area contributed by atoms with E-state index in [9.17, 15) is 0 Å². The summed E-state index contributed by atoms with van der Waals surface area (Å²) in [5.74, 6) is 1.53. The molecule has 0 amide bonds. The van der Waals surface area contributed by atoms with E-state index in [-0.39, 0.29) is 5.11 Å². The van der Waals surface area contributed by atoms with Crippen molar-refractivity contribution in [2.75, 3.05) is 25.1 Å². The van der Waals surface area contributed by atoms with Crippen molar-refractivity contribution in [1.82, 2.24) is 5.43 Å². The van der Waals surface area contributed by atoms with E-state index >= 15 is 0 Å². The zero-order valence-corrected chi connectivity index (χ0v) is 16.8. The van der Waals surface area contributed by atoms with Crippen LogP contribution in [0, 0.1) is 0 Å². The van der Waals surface area contributed by atoms with E-state index in [2.05, 4.69) is 29.3 Å². The number of ether oxygens (including phenoxy) is 2. The zero-order chi connectivity index (χ0) is 19.6. The molecule has 0 aliphatic heterocycles. The van der Waals surface area contributed by atoms with Gasteiger partial charge in [-0.05, 0) is 55.9 Å². The SMILES string of the molecule is CCN(CC)c1ccc(C=NNC(N)=S)c(OCc2cccc(OC)c2)c1. The fraction of sp³-hybridized carbons (Fsp3) is 0.300. The molecule has 0 heterocycles. The predicted molar refractivity (Wildman–Crippen MR) is 115 cm³/mol. The third-order valence-electron chi connectivity index (χ3n) is 4.03. The Hall–Kier alpha value is -2.80. The molecule has 0 aliphatic carbocycles. The van der Waals surface area contributed by atoms with E-state index in [0.717, 1.165) is 41.4 Å². The highest BCUT2D eigenvalue weighted by Gasteiger charge is 2.09. The van der Waals surface area contributed by atoms with Gasteiger partial charge in [0, 0.05) is 30.4 Å². The van der Waals surface area contributed by atoms with Gasteiger partial charge >= 0.3 is 0 Å². The van der Waals surface area contributed by atoms with Crippen molar-refractivity contribution in [3.05, 3.63) is 53.6 Å². The molecule has 0 unspecified atom stereocenters. The second-order valence-corrected chi connectivity index (χ2v) is 6.21. The third kappa shape index (κ3) is 6.14. The molecule has 2 rings (SSSR count). The summed E-state index contributed by atoms with van der Waals surface area (Å²) >= 11 is 4.77. The summed E-state index contributed by atoms with van der Waals surface area (Å²) in [5.41, 5.74) is 10.9. The average Bonchev–Trinajstić information content (AvgIpc) is 2.68. The molecule has 0 spiro atoms. The number of hydrogen-bond acceptors (Lipinski definition) is 5. The van der Waals surface area contributed by atoms with Crippen LogP contribution in [0.5, 0.6) is 11.5 Å². The van der Waals surface area contributed by atoms with Gasteiger partial charge in [0.05, 0.1) is 13.3 Å². The Balaban J connectivity index is 2.26. The summed E-state index contributed by atoms with van der Waals surface area (Å²) in [5, 5.41) is 4.16. The van der Waals surface area contributed by atoms with Gasteiger partial charge in [-0.15, -0.1) is 0 Å². The monoisotopic (exact) mass is 386 g/mol. The van der Waals surface area contributed by atoms with E-state index in [4.69, 9.17) is 27.4 Å². The molecule has 0 saturated heterocycles. The zero-order valence-electron chi connectivity index (χ0n) is 15.9. The van der Waals surface area contributed by atoms with Gasteiger partial charge in [-0.1, -0.05) is 12.1 Å². The lowest BCUT2D eigenvalue weighted by atomic mass is 10.1. The molecule has 0 aromatic heterocycles. The van der Waals surface area contributed by atoms with Crippen molar-refractivity contribution in [2.45, 2.75) is 20.5 Å². The molecular weight excluding hydrogens is 360 g/mol. The first kappa shape index (κ1) is 20.5. The fourth-order valence-electron chi connectivity index (χ4n) is 2.63. The molecule has 2 aromatic carbocycles. The summed E-state index contributed by atoms with van der Waals surface area (Å²) in [6.07, 6.45) is 1.64. The number of hydrazone groups is 1. The van der Waals surface area contributed by atoms with Crippen molar-refractivity contribution in [2.24, 2.45) is 10.8 Å². The molecule has 27 heavy (non-hydrogen) atoms. The number of nitrogens with two attached hydrogens (primary N) is 1. The summed E-state index contributed by atoms with van der Waals surface area (Å²) in [6.45, 7) is 6.51. The predicted octanol–water partition coefficient (Wildman–Crippen LogP) is 3.29. The first-order valence-electron chi connectivity index (χ1n) is 8.80. The maximum absolute atomic E-state index is 6.09. The van der Waals surface area contributed by atoms with Crippen LogP contribution in [0.4, 0.5) is 5.69 Å². The van der Waals surface area contributed by atoms with Gasteiger partial charge < -0.3 is 20.1 Å². The third-order valence-corrected chi connectivity index (χ3v) is 4.12. The van der Waals surface area contributed by atoms with Crippen LogP contribution in [-0.4, -0.2) is 31.5 Å². The van der Waals surface area contributed by atoms with Crippen molar-refractivity contribution in [1.29, 1.82) is 0 Å². The number of methoxy groups -OCH3 is 1. The van der Waals surface area contributed by atoms with Gasteiger partial charge in [-0.2, -0.15) is 5.10 Å². The summed E-state index contributed by atoms with van der Waals surface area (Å²) in [7, 11) is 1.65. The van der Waals surface area contributed by atoms with Crippen LogP contribution in [0.15, 0.2) is 47.6 Å². The minimum Gasteiger partial charge on any atom is -0.497 e. The van der Waals surface area contributed by atoms with Crippen LogP contribution < -0.4 is 25.5 Å². The molecule has 6 nitrogen and oxygen atoms in total. The molecular formula is C20H26N4O2S. The first-order valence-corrected chi connectivity index (χ1v) is 9.21. The lowest BCUT2D eigenvalue weighted by Gasteiger charge is -2.22. The van der Waals surface area contributed by atoms with Gasteiger partial charge in [0.25, 0.3) is 0 Å². The highest BCUT2D eigenvalue weighted by Crippen LogP contribution is 2.26. The number of rotatable bonds is 9. The Bertz CT molecular complexity index is 791. The minimum absolute atomic E-state index is 0.116. The second-order valence-electron chi connectivity index (χ2n) is 5.77. The van der Waals surface area contributed by atoms with Crippen molar-refractivity contribution in [3.8, 4) is 11.5 Å². The number of hydrogen-bond donors (Lipinski definition) is 2. The lowest BCUT2D eigenvalue weighted by Crippen LogP contribution is -2.24. The Kier molecular flexibility index (Phi) is 7.88. The summed E-state index contributed by atoms with van der Waals surface area (Å²) < 4.78 is 11.4. The summed E-state index contributed by atoms with van der Waals surface area (Å²) in [4.78, 5) is 2.26. The van der Waals surface area contributed by atoms with Crippen LogP contribution in [0.1, 0.15) is 25.0 Å². The van der Waals surface area contributed by atoms with Crippen LogP contribution >= 0.6 is 12.2 Å². The van der Waals surface area contributed by atoms with Crippen LogP contribution in [0.25, 0.3) is 0 Å². The number of nitrogens with zero attached hydrogens (tertiary/aromatic N) is 2. The largest absolute Gasteiger partial charge is 0.497 e. The fourth-order valence-corrected chi connectivity index (χ4v) is 2.68. The van der Waals surface area contributed by atoms with Crippen molar-refractivity contribution >= 4 is 29.2 Å². The maximum atomic E-state index is 6.09. The highest BCUT2D eigenvalue weighted by molar-refractivity contribution is 7.80. The lowest BCUT2D eigenvalue weighted by molar-refractivity contribution is 0.305. The molecule has 0 atom stereocenters. The maximum Gasteiger partial charge on any atom is 0.184 e. The molecule has 2 aromatic rings. The topological polar surface area (TPSA) is 72.1 Å². The highest BCUT2D eigenvalue weighted by atomic mass is 32.1.